The van der Waals surface area contributed by atoms with Crippen LogP contribution in [0.1, 0.15) is 20.8 Å². The van der Waals surface area contributed by atoms with E-state index >= 15 is 0 Å². The first kappa shape index (κ1) is 12.3. The molecular formula is C10H13NO3. The molecule has 0 atom stereocenters. The minimum atomic E-state index is -0.689. The smallest absolute Gasteiger partial charge is 0.262 e. The average molecular weight is 195 g/mol. The molecule has 0 fully saturated rings. The second-order valence-corrected chi connectivity index (χ2v) is 3.03. The van der Waals surface area contributed by atoms with Crippen molar-refractivity contribution in [2.24, 2.45) is 0 Å². The maximum Gasteiger partial charge on any atom is 0.262 e. The Hall–Kier alpha value is -1.71. The third kappa shape index (κ3) is 2.65. The number of hydrogen-bond donors (Lipinski definition) is 0. The molecule has 0 aliphatic carbocycles. The first-order valence-corrected chi connectivity index (χ1v) is 3.99. The van der Waals surface area contributed by atoms with Crippen LogP contribution in [-0.4, -0.2) is 22.6 Å². The first-order valence-electron chi connectivity index (χ1n) is 3.99. The van der Waals surface area contributed by atoms with E-state index in [-0.39, 0.29) is 11.1 Å². The van der Waals surface area contributed by atoms with Crippen LogP contribution in [0.4, 0.5) is 0 Å². The molecule has 0 aromatic rings. The quantitative estimate of drug-likeness (QED) is 0.618. The Balaban J connectivity index is 5.07. The van der Waals surface area contributed by atoms with Crippen LogP contribution in [-0.2, 0) is 14.4 Å². The zero-order valence-corrected chi connectivity index (χ0v) is 8.59. The standard InChI is InChI=1S/C10H13NO3/c1-6(2)9(13)11(8(5)12)10(14)7(3)4/h1,3H2,2,4-5H3. The van der Waals surface area contributed by atoms with Gasteiger partial charge in [-0.3, -0.25) is 14.4 Å². The summed E-state index contributed by atoms with van der Waals surface area (Å²) < 4.78 is 0. The molecule has 0 aliphatic heterocycles. The molecule has 0 aromatic carbocycles. The van der Waals surface area contributed by atoms with Gasteiger partial charge >= 0.3 is 0 Å². The summed E-state index contributed by atoms with van der Waals surface area (Å²) in [5.41, 5.74) is 0.268. The van der Waals surface area contributed by atoms with Crippen molar-refractivity contribution >= 4 is 17.7 Å². The number of nitrogens with zero attached hydrogens (tertiary/aromatic N) is 1. The van der Waals surface area contributed by atoms with E-state index in [2.05, 4.69) is 13.2 Å². The van der Waals surface area contributed by atoms with E-state index in [0.717, 1.165) is 6.92 Å². The molecule has 0 aliphatic rings. The maximum absolute atomic E-state index is 11.4. The summed E-state index contributed by atoms with van der Waals surface area (Å²) >= 11 is 0. The highest BCUT2D eigenvalue weighted by atomic mass is 16.2. The topological polar surface area (TPSA) is 54.5 Å². The highest BCUT2D eigenvalue weighted by Crippen LogP contribution is 2.04. The van der Waals surface area contributed by atoms with Crippen LogP contribution in [0.2, 0.25) is 0 Å². The van der Waals surface area contributed by atoms with E-state index < -0.39 is 17.7 Å². The second-order valence-electron chi connectivity index (χ2n) is 3.03. The number of carbonyl (C=O) groups is 3. The van der Waals surface area contributed by atoms with Crippen LogP contribution in [0, 0.1) is 0 Å². The van der Waals surface area contributed by atoms with Crippen molar-refractivity contribution in [3.05, 3.63) is 24.3 Å². The van der Waals surface area contributed by atoms with Crippen LogP contribution < -0.4 is 0 Å². The van der Waals surface area contributed by atoms with Gasteiger partial charge in [0, 0.05) is 18.1 Å². The molecule has 0 aromatic heterocycles. The van der Waals surface area contributed by atoms with Gasteiger partial charge in [-0.15, -0.1) is 0 Å². The van der Waals surface area contributed by atoms with Gasteiger partial charge in [-0.1, -0.05) is 13.2 Å². The Bertz CT molecular complexity index is 302. The average Bonchev–Trinajstić information content (AvgIpc) is 2.03. The molecule has 0 rings (SSSR count). The van der Waals surface area contributed by atoms with Gasteiger partial charge in [0.2, 0.25) is 5.91 Å². The van der Waals surface area contributed by atoms with Crippen molar-refractivity contribution in [2.75, 3.05) is 0 Å². The van der Waals surface area contributed by atoms with Gasteiger partial charge in [0.05, 0.1) is 0 Å². The molecule has 0 bridgehead atoms. The van der Waals surface area contributed by atoms with Gasteiger partial charge in [0.25, 0.3) is 11.8 Å². The first-order chi connectivity index (χ1) is 6.29. The molecule has 4 heteroatoms. The highest BCUT2D eigenvalue weighted by Gasteiger charge is 2.25. The normalized spacial score (nSPS) is 9.07. The van der Waals surface area contributed by atoms with E-state index in [0.29, 0.717) is 4.90 Å². The predicted octanol–water partition coefficient (Wildman–Crippen LogP) is 1.04. The number of rotatable bonds is 2. The van der Waals surface area contributed by atoms with Crippen molar-refractivity contribution in [2.45, 2.75) is 20.8 Å². The molecule has 3 amide bonds. The Morgan fingerprint density at radius 1 is 0.857 bits per heavy atom. The van der Waals surface area contributed by atoms with Crippen molar-refractivity contribution in [1.82, 2.24) is 4.90 Å². The van der Waals surface area contributed by atoms with Crippen LogP contribution in [0.15, 0.2) is 24.3 Å². The summed E-state index contributed by atoms with van der Waals surface area (Å²) in [5, 5.41) is 0. The van der Waals surface area contributed by atoms with Crippen molar-refractivity contribution in [3.63, 3.8) is 0 Å². The summed E-state index contributed by atoms with van der Waals surface area (Å²) in [6.45, 7) is 10.8. The summed E-state index contributed by atoms with van der Waals surface area (Å²) in [6, 6.07) is 0. The lowest BCUT2D eigenvalue weighted by Gasteiger charge is -2.16. The van der Waals surface area contributed by atoms with Gasteiger partial charge in [0.1, 0.15) is 0 Å². The van der Waals surface area contributed by atoms with Crippen molar-refractivity contribution in [1.29, 1.82) is 0 Å². The van der Waals surface area contributed by atoms with E-state index in [9.17, 15) is 14.4 Å². The highest BCUT2D eigenvalue weighted by molar-refractivity contribution is 6.19. The third-order valence-corrected chi connectivity index (χ3v) is 1.45. The molecule has 0 saturated carbocycles. The summed E-state index contributed by atoms with van der Waals surface area (Å²) in [5.74, 6) is -2.01. The van der Waals surface area contributed by atoms with Crippen LogP contribution in [0.25, 0.3) is 0 Å². The Morgan fingerprint density at radius 3 is 1.29 bits per heavy atom. The SMILES string of the molecule is C=C(C)C(=O)N(C(C)=O)C(=O)C(=C)C. The lowest BCUT2D eigenvalue weighted by Crippen LogP contribution is -2.41. The number of carbonyl (C=O) groups excluding carboxylic acids is 3. The molecule has 0 N–H and O–H groups in total. The fraction of sp³-hybridized carbons (Fsp3) is 0.300. The minimum absolute atomic E-state index is 0.134. The molecule has 0 unspecified atom stereocenters. The molecule has 0 saturated heterocycles. The zero-order chi connectivity index (χ0) is 11.5. The van der Waals surface area contributed by atoms with Crippen molar-refractivity contribution < 1.29 is 14.4 Å². The molecule has 76 valence electrons. The largest absolute Gasteiger partial charge is 0.274 e. The zero-order valence-electron chi connectivity index (χ0n) is 8.59. The van der Waals surface area contributed by atoms with E-state index in [1.165, 1.54) is 13.8 Å². The second kappa shape index (κ2) is 4.50. The summed E-state index contributed by atoms with van der Waals surface area (Å²) in [4.78, 5) is 34.3. The van der Waals surface area contributed by atoms with Gasteiger partial charge in [-0.25, -0.2) is 4.90 Å². The predicted molar refractivity (Wildman–Crippen MR) is 52.2 cm³/mol. The summed E-state index contributed by atoms with van der Waals surface area (Å²) in [7, 11) is 0. The number of hydrogen-bond acceptors (Lipinski definition) is 3. The van der Waals surface area contributed by atoms with E-state index in [1.807, 2.05) is 0 Å². The molecular weight excluding hydrogens is 182 g/mol. The minimum Gasteiger partial charge on any atom is -0.274 e. The van der Waals surface area contributed by atoms with Crippen molar-refractivity contribution in [3.8, 4) is 0 Å². The third-order valence-electron chi connectivity index (χ3n) is 1.45. The molecule has 0 heterocycles. The molecule has 0 radical (unpaired) electrons. The lowest BCUT2D eigenvalue weighted by atomic mass is 10.2. The fourth-order valence-corrected chi connectivity index (χ4v) is 0.760. The Labute approximate surface area is 82.9 Å². The van der Waals surface area contributed by atoms with Gasteiger partial charge < -0.3 is 0 Å². The van der Waals surface area contributed by atoms with Gasteiger partial charge in [-0.2, -0.15) is 0 Å². The Kier molecular flexibility index (Phi) is 3.95. The lowest BCUT2D eigenvalue weighted by molar-refractivity contribution is -0.149. The molecule has 4 nitrogen and oxygen atoms in total. The molecule has 14 heavy (non-hydrogen) atoms. The maximum atomic E-state index is 11.4. The van der Waals surface area contributed by atoms with Crippen LogP contribution >= 0.6 is 0 Å². The van der Waals surface area contributed by atoms with Gasteiger partial charge in [-0.05, 0) is 13.8 Å². The van der Waals surface area contributed by atoms with Gasteiger partial charge in [0.15, 0.2) is 0 Å². The van der Waals surface area contributed by atoms with E-state index in [4.69, 9.17) is 0 Å². The fourth-order valence-electron chi connectivity index (χ4n) is 0.760. The number of amides is 3. The molecule has 0 spiro atoms. The van der Waals surface area contributed by atoms with Crippen LogP contribution in [0.3, 0.4) is 0 Å². The van der Waals surface area contributed by atoms with Crippen LogP contribution in [0.5, 0.6) is 0 Å². The summed E-state index contributed by atoms with van der Waals surface area (Å²) in [6.07, 6.45) is 0. The van der Waals surface area contributed by atoms with E-state index in [1.54, 1.807) is 0 Å². The monoisotopic (exact) mass is 195 g/mol. The number of imide groups is 3. The Morgan fingerprint density at radius 2 is 1.14 bits per heavy atom.